The standard InChI is InChI=1S/C19H21N3O2S/c1-12-5-6-13(2)18-16(12)8-14(9-20)19(22-18)25-11-17(23)21-10-15-4-3-7-24-15/h5-6,8,15H,3-4,7,10-11H2,1-2H3,(H,21,23)/t15-/m0/s1. The molecule has 6 heteroatoms. The highest BCUT2D eigenvalue weighted by atomic mass is 32.2. The van der Waals surface area contributed by atoms with Crippen molar-refractivity contribution in [3.63, 3.8) is 0 Å². The van der Waals surface area contributed by atoms with E-state index in [1.54, 1.807) is 0 Å². The SMILES string of the molecule is Cc1ccc(C)c2nc(SCC(=O)NC[C@@H]3CCCO3)c(C#N)cc12. The van der Waals surface area contributed by atoms with Gasteiger partial charge in [-0.2, -0.15) is 5.26 Å². The van der Waals surface area contributed by atoms with E-state index < -0.39 is 0 Å². The fourth-order valence-corrected chi connectivity index (χ4v) is 3.71. The van der Waals surface area contributed by atoms with E-state index in [9.17, 15) is 10.1 Å². The molecule has 0 radical (unpaired) electrons. The van der Waals surface area contributed by atoms with Crippen LogP contribution in [0.3, 0.4) is 0 Å². The van der Waals surface area contributed by atoms with Gasteiger partial charge >= 0.3 is 0 Å². The molecule has 3 rings (SSSR count). The number of pyridine rings is 1. The lowest BCUT2D eigenvalue weighted by Gasteiger charge is -2.11. The predicted octanol–water partition coefficient (Wildman–Crippen LogP) is 3.11. The van der Waals surface area contributed by atoms with Gasteiger partial charge in [0.2, 0.25) is 5.91 Å². The number of carbonyl (C=O) groups is 1. The lowest BCUT2D eigenvalue weighted by molar-refractivity contribution is -0.119. The van der Waals surface area contributed by atoms with Gasteiger partial charge in [0.15, 0.2) is 0 Å². The number of aryl methyl sites for hydroxylation is 2. The first-order chi connectivity index (χ1) is 12.1. The summed E-state index contributed by atoms with van der Waals surface area (Å²) in [7, 11) is 0. The molecule has 2 aromatic rings. The molecule has 25 heavy (non-hydrogen) atoms. The molecular weight excluding hydrogens is 334 g/mol. The molecule has 1 N–H and O–H groups in total. The first-order valence-electron chi connectivity index (χ1n) is 8.40. The van der Waals surface area contributed by atoms with Crippen molar-refractivity contribution in [3.05, 3.63) is 34.9 Å². The Labute approximate surface area is 151 Å². The molecule has 2 heterocycles. The number of ether oxygens (including phenoxy) is 1. The highest BCUT2D eigenvalue weighted by molar-refractivity contribution is 8.00. The Balaban J connectivity index is 1.71. The van der Waals surface area contributed by atoms with Crippen LogP contribution in [-0.4, -0.2) is 35.9 Å². The average Bonchev–Trinajstić information content (AvgIpc) is 3.14. The van der Waals surface area contributed by atoms with E-state index in [2.05, 4.69) is 16.4 Å². The van der Waals surface area contributed by atoms with Crippen molar-refractivity contribution < 1.29 is 9.53 Å². The summed E-state index contributed by atoms with van der Waals surface area (Å²) < 4.78 is 5.50. The van der Waals surface area contributed by atoms with Crippen LogP contribution in [0.15, 0.2) is 23.2 Å². The van der Waals surface area contributed by atoms with Gasteiger partial charge in [0, 0.05) is 18.5 Å². The van der Waals surface area contributed by atoms with E-state index in [4.69, 9.17) is 4.74 Å². The number of benzene rings is 1. The summed E-state index contributed by atoms with van der Waals surface area (Å²) in [6.45, 7) is 5.34. The quantitative estimate of drug-likeness (QED) is 0.834. The van der Waals surface area contributed by atoms with Crippen molar-refractivity contribution in [3.8, 4) is 6.07 Å². The number of hydrogen-bond donors (Lipinski definition) is 1. The molecule has 0 bridgehead atoms. The third-order valence-corrected chi connectivity index (χ3v) is 5.37. The van der Waals surface area contributed by atoms with Crippen molar-refractivity contribution in [2.24, 2.45) is 0 Å². The molecule has 0 saturated carbocycles. The summed E-state index contributed by atoms with van der Waals surface area (Å²) in [6, 6.07) is 8.13. The van der Waals surface area contributed by atoms with E-state index in [1.165, 1.54) is 11.8 Å². The third-order valence-electron chi connectivity index (χ3n) is 4.38. The molecule has 1 aromatic carbocycles. The number of amides is 1. The van der Waals surface area contributed by atoms with Gasteiger partial charge in [0.05, 0.1) is 22.9 Å². The van der Waals surface area contributed by atoms with E-state index in [1.807, 2.05) is 32.0 Å². The van der Waals surface area contributed by atoms with Gasteiger partial charge in [-0.1, -0.05) is 23.9 Å². The van der Waals surface area contributed by atoms with Crippen molar-refractivity contribution in [2.75, 3.05) is 18.9 Å². The van der Waals surface area contributed by atoms with Gasteiger partial charge in [-0.25, -0.2) is 4.98 Å². The number of nitrogens with zero attached hydrogens (tertiary/aromatic N) is 2. The van der Waals surface area contributed by atoms with Crippen molar-refractivity contribution in [1.29, 1.82) is 5.26 Å². The monoisotopic (exact) mass is 355 g/mol. The summed E-state index contributed by atoms with van der Waals surface area (Å²) >= 11 is 1.31. The van der Waals surface area contributed by atoms with Crippen LogP contribution in [0.5, 0.6) is 0 Å². The predicted molar refractivity (Wildman–Crippen MR) is 98.6 cm³/mol. The van der Waals surface area contributed by atoms with Crippen LogP contribution < -0.4 is 5.32 Å². The highest BCUT2D eigenvalue weighted by Crippen LogP contribution is 2.28. The molecule has 1 aromatic heterocycles. The summed E-state index contributed by atoms with van der Waals surface area (Å²) in [6.07, 6.45) is 2.19. The van der Waals surface area contributed by atoms with Crippen LogP contribution in [0.2, 0.25) is 0 Å². The first-order valence-corrected chi connectivity index (χ1v) is 9.39. The third kappa shape index (κ3) is 4.12. The maximum absolute atomic E-state index is 12.1. The lowest BCUT2D eigenvalue weighted by atomic mass is 10.0. The molecule has 1 amide bonds. The smallest absolute Gasteiger partial charge is 0.230 e. The Morgan fingerprint density at radius 1 is 1.44 bits per heavy atom. The minimum absolute atomic E-state index is 0.0627. The summed E-state index contributed by atoms with van der Waals surface area (Å²) in [5.74, 6) is 0.178. The zero-order valence-electron chi connectivity index (χ0n) is 14.5. The van der Waals surface area contributed by atoms with Gasteiger partial charge in [0.25, 0.3) is 0 Å². The number of hydrogen-bond acceptors (Lipinski definition) is 5. The van der Waals surface area contributed by atoms with Crippen molar-refractivity contribution >= 4 is 28.6 Å². The lowest BCUT2D eigenvalue weighted by Crippen LogP contribution is -2.32. The Morgan fingerprint density at radius 3 is 2.96 bits per heavy atom. The van der Waals surface area contributed by atoms with Gasteiger partial charge < -0.3 is 10.1 Å². The second kappa shape index (κ2) is 7.85. The maximum atomic E-state index is 12.1. The fourth-order valence-electron chi connectivity index (χ4n) is 2.92. The van der Waals surface area contributed by atoms with Crippen LogP contribution >= 0.6 is 11.8 Å². The van der Waals surface area contributed by atoms with E-state index in [0.717, 1.165) is 41.5 Å². The number of nitrogens with one attached hydrogen (secondary N) is 1. The summed E-state index contributed by atoms with van der Waals surface area (Å²) in [5.41, 5.74) is 3.56. The van der Waals surface area contributed by atoms with Gasteiger partial charge in [0.1, 0.15) is 11.1 Å². The van der Waals surface area contributed by atoms with Crippen LogP contribution in [0, 0.1) is 25.2 Å². The summed E-state index contributed by atoms with van der Waals surface area (Å²) in [4.78, 5) is 16.7. The normalized spacial score (nSPS) is 16.8. The maximum Gasteiger partial charge on any atom is 0.230 e. The number of carbonyl (C=O) groups excluding carboxylic acids is 1. The zero-order chi connectivity index (χ0) is 17.8. The molecule has 1 saturated heterocycles. The van der Waals surface area contributed by atoms with Crippen molar-refractivity contribution in [1.82, 2.24) is 10.3 Å². The largest absolute Gasteiger partial charge is 0.376 e. The minimum Gasteiger partial charge on any atom is -0.376 e. The van der Waals surface area contributed by atoms with Gasteiger partial charge in [-0.05, 0) is 43.9 Å². The highest BCUT2D eigenvalue weighted by Gasteiger charge is 2.17. The average molecular weight is 355 g/mol. The van der Waals surface area contributed by atoms with Crippen LogP contribution in [0.4, 0.5) is 0 Å². The van der Waals surface area contributed by atoms with Crippen LogP contribution in [0.1, 0.15) is 29.5 Å². The molecule has 0 unspecified atom stereocenters. The first kappa shape index (κ1) is 17.7. The Morgan fingerprint density at radius 2 is 2.24 bits per heavy atom. The van der Waals surface area contributed by atoms with Crippen LogP contribution in [-0.2, 0) is 9.53 Å². The number of rotatable bonds is 5. The molecule has 130 valence electrons. The Bertz CT molecular complexity index is 839. The zero-order valence-corrected chi connectivity index (χ0v) is 15.3. The molecule has 1 fully saturated rings. The van der Waals surface area contributed by atoms with Crippen molar-refractivity contribution in [2.45, 2.75) is 37.8 Å². The molecule has 0 aliphatic carbocycles. The second-order valence-electron chi connectivity index (χ2n) is 6.28. The topological polar surface area (TPSA) is 75.0 Å². The summed E-state index contributed by atoms with van der Waals surface area (Å²) in [5, 5.41) is 13.9. The number of nitriles is 1. The second-order valence-corrected chi connectivity index (χ2v) is 7.24. The fraction of sp³-hybridized carbons (Fsp3) is 0.421. The van der Waals surface area contributed by atoms with E-state index >= 15 is 0 Å². The number of aromatic nitrogens is 1. The minimum atomic E-state index is -0.0627. The molecule has 1 atom stereocenters. The molecule has 1 aliphatic heterocycles. The molecule has 5 nitrogen and oxygen atoms in total. The molecule has 0 spiro atoms. The van der Waals surface area contributed by atoms with Gasteiger partial charge in [-0.3, -0.25) is 4.79 Å². The Kier molecular flexibility index (Phi) is 5.57. The Hall–Kier alpha value is -2.10. The van der Waals surface area contributed by atoms with E-state index in [0.29, 0.717) is 17.1 Å². The van der Waals surface area contributed by atoms with Crippen LogP contribution in [0.25, 0.3) is 10.9 Å². The van der Waals surface area contributed by atoms with Gasteiger partial charge in [-0.15, -0.1) is 0 Å². The molecule has 1 aliphatic rings. The number of thioether (sulfide) groups is 1. The molecular formula is C19H21N3O2S. The van der Waals surface area contributed by atoms with E-state index in [-0.39, 0.29) is 17.8 Å². The number of fused-ring (bicyclic) bond motifs is 1.